The van der Waals surface area contributed by atoms with Crippen LogP contribution in [0, 0.1) is 0 Å². The Morgan fingerprint density at radius 1 is 1.28 bits per heavy atom. The molecular weight excluding hydrogens is 248 g/mol. The van der Waals surface area contributed by atoms with E-state index in [1.54, 1.807) is 12.1 Å². The molecule has 1 aromatic rings. The average molecular weight is 268 g/mol. The summed E-state index contributed by atoms with van der Waals surface area (Å²) in [5.74, 6) is 0. The van der Waals surface area contributed by atoms with Crippen LogP contribution in [0.1, 0.15) is 19.3 Å². The first-order valence-corrected chi connectivity index (χ1v) is 8.18. The number of benzene rings is 1. The van der Waals surface area contributed by atoms with Crippen LogP contribution < -0.4 is 10.6 Å². The van der Waals surface area contributed by atoms with Gasteiger partial charge in [0.25, 0.3) is 0 Å². The first-order chi connectivity index (χ1) is 8.52. The Bertz CT molecular complexity index is 492. The molecule has 0 amide bonds. The van der Waals surface area contributed by atoms with Crippen LogP contribution in [0.3, 0.4) is 0 Å². The van der Waals surface area contributed by atoms with Crippen molar-refractivity contribution < 1.29 is 8.42 Å². The van der Waals surface area contributed by atoms with Crippen LogP contribution in [-0.2, 0) is 9.84 Å². The van der Waals surface area contributed by atoms with Crippen LogP contribution in [0.4, 0.5) is 5.69 Å². The van der Waals surface area contributed by atoms with Gasteiger partial charge in [-0.25, -0.2) is 8.42 Å². The molecule has 1 fully saturated rings. The number of anilines is 1. The predicted molar refractivity (Wildman–Crippen MR) is 73.6 cm³/mol. The van der Waals surface area contributed by atoms with Gasteiger partial charge in [-0.05, 0) is 50.1 Å². The van der Waals surface area contributed by atoms with E-state index in [1.807, 2.05) is 12.1 Å². The SMILES string of the molecule is CS(=O)(=O)c1ccc(N(CCCN)C2CC2)cc1. The molecule has 0 radical (unpaired) electrons. The van der Waals surface area contributed by atoms with Gasteiger partial charge in [0, 0.05) is 24.5 Å². The lowest BCUT2D eigenvalue weighted by Crippen LogP contribution is -2.28. The highest BCUT2D eigenvalue weighted by atomic mass is 32.2. The molecule has 0 saturated heterocycles. The Morgan fingerprint density at radius 2 is 1.89 bits per heavy atom. The van der Waals surface area contributed by atoms with Crippen LogP contribution in [0.15, 0.2) is 29.2 Å². The van der Waals surface area contributed by atoms with Gasteiger partial charge < -0.3 is 10.6 Å². The third-order valence-corrected chi connectivity index (χ3v) is 4.32. The quantitative estimate of drug-likeness (QED) is 0.847. The highest BCUT2D eigenvalue weighted by molar-refractivity contribution is 7.90. The number of hydrogen-bond acceptors (Lipinski definition) is 4. The van der Waals surface area contributed by atoms with Crippen molar-refractivity contribution >= 4 is 15.5 Å². The van der Waals surface area contributed by atoms with Crippen LogP contribution >= 0.6 is 0 Å². The number of nitrogens with two attached hydrogens (primary N) is 1. The first kappa shape index (κ1) is 13.4. The van der Waals surface area contributed by atoms with E-state index >= 15 is 0 Å². The molecule has 2 N–H and O–H groups in total. The van der Waals surface area contributed by atoms with Gasteiger partial charge in [-0.3, -0.25) is 0 Å². The number of sulfone groups is 1. The molecule has 0 aliphatic heterocycles. The molecule has 100 valence electrons. The first-order valence-electron chi connectivity index (χ1n) is 6.29. The minimum Gasteiger partial charge on any atom is -0.368 e. The number of hydrogen-bond donors (Lipinski definition) is 1. The fourth-order valence-electron chi connectivity index (χ4n) is 2.06. The topological polar surface area (TPSA) is 63.4 Å². The second kappa shape index (κ2) is 5.28. The van der Waals surface area contributed by atoms with Crippen LogP contribution in [-0.4, -0.2) is 33.8 Å². The maximum Gasteiger partial charge on any atom is 0.175 e. The molecule has 0 unspecified atom stereocenters. The molecule has 1 aliphatic carbocycles. The summed E-state index contributed by atoms with van der Waals surface area (Å²) >= 11 is 0. The second-order valence-corrected chi connectivity index (χ2v) is 6.85. The van der Waals surface area contributed by atoms with Crippen molar-refractivity contribution in [3.63, 3.8) is 0 Å². The zero-order valence-electron chi connectivity index (χ0n) is 10.7. The Labute approximate surface area is 109 Å². The fourth-order valence-corrected chi connectivity index (χ4v) is 2.69. The molecule has 0 spiro atoms. The lowest BCUT2D eigenvalue weighted by atomic mass is 10.2. The van der Waals surface area contributed by atoms with Gasteiger partial charge in [0.15, 0.2) is 9.84 Å². The largest absolute Gasteiger partial charge is 0.368 e. The van der Waals surface area contributed by atoms with E-state index in [-0.39, 0.29) is 0 Å². The molecule has 4 nitrogen and oxygen atoms in total. The highest BCUT2D eigenvalue weighted by Gasteiger charge is 2.28. The van der Waals surface area contributed by atoms with Gasteiger partial charge in [0.05, 0.1) is 4.90 Å². The molecule has 2 rings (SSSR count). The van der Waals surface area contributed by atoms with E-state index < -0.39 is 9.84 Å². The van der Waals surface area contributed by atoms with Crippen molar-refractivity contribution in [3.8, 4) is 0 Å². The lowest BCUT2D eigenvalue weighted by molar-refractivity contribution is 0.602. The summed E-state index contributed by atoms with van der Waals surface area (Å²) in [7, 11) is -3.11. The standard InChI is InChI=1S/C13H20N2O2S/c1-18(16,17)13-7-5-12(6-8-13)15(10-2-9-14)11-3-4-11/h5-8,11H,2-4,9-10,14H2,1H3. The summed E-state index contributed by atoms with van der Waals surface area (Å²) in [4.78, 5) is 2.71. The normalized spacial score (nSPS) is 15.7. The fraction of sp³-hybridized carbons (Fsp3) is 0.538. The molecule has 1 aliphatic rings. The Kier molecular flexibility index (Phi) is 3.92. The van der Waals surface area contributed by atoms with Crippen LogP contribution in [0.25, 0.3) is 0 Å². The summed E-state index contributed by atoms with van der Waals surface area (Å²) in [6.07, 6.45) is 4.64. The van der Waals surface area contributed by atoms with E-state index in [4.69, 9.17) is 5.73 Å². The number of rotatable bonds is 6. The summed E-state index contributed by atoms with van der Waals surface area (Å²) in [5.41, 5.74) is 6.65. The van der Waals surface area contributed by atoms with Gasteiger partial charge in [-0.2, -0.15) is 0 Å². The second-order valence-electron chi connectivity index (χ2n) is 4.83. The Balaban J connectivity index is 2.16. The van der Waals surface area contributed by atoms with Crippen molar-refractivity contribution in [2.75, 3.05) is 24.2 Å². The Morgan fingerprint density at radius 3 is 2.33 bits per heavy atom. The van der Waals surface area contributed by atoms with Gasteiger partial charge in [-0.15, -0.1) is 0 Å². The molecule has 5 heteroatoms. The summed E-state index contributed by atoms with van der Waals surface area (Å²) in [6, 6.07) is 7.77. The monoisotopic (exact) mass is 268 g/mol. The maximum absolute atomic E-state index is 11.4. The molecule has 18 heavy (non-hydrogen) atoms. The Hall–Kier alpha value is -1.07. The van der Waals surface area contributed by atoms with E-state index in [0.29, 0.717) is 17.5 Å². The third-order valence-electron chi connectivity index (χ3n) is 3.19. The van der Waals surface area contributed by atoms with Gasteiger partial charge in [-0.1, -0.05) is 0 Å². The van der Waals surface area contributed by atoms with Gasteiger partial charge in [0.1, 0.15) is 0 Å². The highest BCUT2D eigenvalue weighted by Crippen LogP contribution is 2.32. The van der Waals surface area contributed by atoms with Crippen molar-refractivity contribution in [1.82, 2.24) is 0 Å². The summed E-state index contributed by atoms with van der Waals surface area (Å²) in [6.45, 7) is 1.63. The molecular formula is C13H20N2O2S. The van der Waals surface area contributed by atoms with Gasteiger partial charge in [0.2, 0.25) is 0 Å². The van der Waals surface area contributed by atoms with Gasteiger partial charge >= 0.3 is 0 Å². The van der Waals surface area contributed by atoms with E-state index in [1.165, 1.54) is 19.1 Å². The molecule has 0 atom stereocenters. The zero-order valence-corrected chi connectivity index (χ0v) is 11.5. The molecule has 0 aromatic heterocycles. The van der Waals surface area contributed by atoms with Crippen molar-refractivity contribution in [2.24, 2.45) is 5.73 Å². The molecule has 1 saturated carbocycles. The lowest BCUT2D eigenvalue weighted by Gasteiger charge is -2.24. The third kappa shape index (κ3) is 3.23. The van der Waals surface area contributed by atoms with E-state index in [2.05, 4.69) is 4.90 Å². The minimum absolute atomic E-state index is 0.376. The van der Waals surface area contributed by atoms with Crippen molar-refractivity contribution in [2.45, 2.75) is 30.2 Å². The van der Waals surface area contributed by atoms with Crippen molar-refractivity contribution in [3.05, 3.63) is 24.3 Å². The molecule has 0 heterocycles. The van der Waals surface area contributed by atoms with Crippen LogP contribution in [0.5, 0.6) is 0 Å². The van der Waals surface area contributed by atoms with Crippen LogP contribution in [0.2, 0.25) is 0 Å². The zero-order chi connectivity index (χ0) is 13.2. The minimum atomic E-state index is -3.11. The maximum atomic E-state index is 11.4. The average Bonchev–Trinajstić information content (AvgIpc) is 3.13. The summed E-state index contributed by atoms with van der Waals surface area (Å²) in [5, 5.41) is 0. The predicted octanol–water partition coefficient (Wildman–Crippen LogP) is 1.41. The summed E-state index contributed by atoms with van der Waals surface area (Å²) < 4.78 is 22.8. The van der Waals surface area contributed by atoms with E-state index in [0.717, 1.165) is 18.7 Å². The number of nitrogens with zero attached hydrogens (tertiary/aromatic N) is 1. The van der Waals surface area contributed by atoms with Crippen molar-refractivity contribution in [1.29, 1.82) is 0 Å². The van der Waals surface area contributed by atoms with E-state index in [9.17, 15) is 8.42 Å². The molecule has 0 bridgehead atoms. The molecule has 1 aromatic carbocycles. The smallest absolute Gasteiger partial charge is 0.175 e.